The van der Waals surface area contributed by atoms with Gasteiger partial charge in [0, 0.05) is 28.4 Å². The number of fused-ring (bicyclic) bond motifs is 1. The Morgan fingerprint density at radius 1 is 1.12 bits per heavy atom. The molecule has 0 aliphatic carbocycles. The van der Waals surface area contributed by atoms with Crippen molar-refractivity contribution < 1.29 is 18.7 Å². The molecule has 0 aliphatic rings. The molecule has 2 aromatic heterocycles. The molecule has 128 valence electrons. The van der Waals surface area contributed by atoms with Crippen LogP contribution in [-0.2, 0) is 4.74 Å². The molecule has 25 heavy (non-hydrogen) atoms. The molecule has 3 aromatic rings. The number of esters is 1. The molecule has 5 nitrogen and oxygen atoms in total. The number of benzene rings is 1. The van der Waals surface area contributed by atoms with Crippen LogP contribution in [0.4, 0.5) is 4.39 Å². The molecular formula is C19H17FN2O3. The van der Waals surface area contributed by atoms with Crippen LogP contribution in [0.1, 0.15) is 37.8 Å². The molecule has 1 N–H and O–H groups in total. The summed E-state index contributed by atoms with van der Waals surface area (Å²) >= 11 is 0. The average Bonchev–Trinajstić information content (AvgIpc) is 2.90. The summed E-state index contributed by atoms with van der Waals surface area (Å²) < 4.78 is 18.4. The highest BCUT2D eigenvalue weighted by Gasteiger charge is 2.17. The van der Waals surface area contributed by atoms with E-state index >= 15 is 0 Å². The van der Waals surface area contributed by atoms with Crippen molar-refractivity contribution in [2.24, 2.45) is 0 Å². The minimum Gasteiger partial charge on any atom is -0.454 e. The molecule has 0 unspecified atom stereocenters. The number of nitrogens with one attached hydrogen (secondary N) is 1. The third-order valence-electron chi connectivity index (χ3n) is 3.97. The molecule has 2 heterocycles. The molecule has 0 aliphatic heterocycles. The van der Waals surface area contributed by atoms with Gasteiger partial charge in [-0.3, -0.25) is 9.78 Å². The van der Waals surface area contributed by atoms with Gasteiger partial charge < -0.3 is 9.72 Å². The molecule has 0 amide bonds. The van der Waals surface area contributed by atoms with E-state index in [1.807, 2.05) is 6.92 Å². The Bertz CT molecular complexity index is 992. The first kappa shape index (κ1) is 16.8. The van der Waals surface area contributed by atoms with Gasteiger partial charge in [-0.2, -0.15) is 0 Å². The maximum absolute atomic E-state index is 13.3. The Balaban J connectivity index is 1.78. The first-order valence-corrected chi connectivity index (χ1v) is 7.78. The molecule has 0 atom stereocenters. The Kier molecular flexibility index (Phi) is 4.35. The Morgan fingerprint density at radius 2 is 1.88 bits per heavy atom. The molecular weight excluding hydrogens is 323 g/mol. The number of ether oxygens (including phenoxy) is 1. The quantitative estimate of drug-likeness (QED) is 0.581. The Morgan fingerprint density at radius 3 is 2.56 bits per heavy atom. The molecule has 0 saturated carbocycles. The lowest BCUT2D eigenvalue weighted by Crippen LogP contribution is -2.15. The largest absolute Gasteiger partial charge is 0.454 e. The number of hydrogen-bond acceptors (Lipinski definition) is 4. The van der Waals surface area contributed by atoms with Crippen LogP contribution < -0.4 is 0 Å². The van der Waals surface area contributed by atoms with Crippen molar-refractivity contribution in [1.29, 1.82) is 0 Å². The number of carbonyl (C=O) groups excluding carboxylic acids is 2. The Hall–Kier alpha value is -3.02. The first-order chi connectivity index (χ1) is 11.8. The van der Waals surface area contributed by atoms with Crippen molar-refractivity contribution >= 4 is 22.7 Å². The predicted molar refractivity (Wildman–Crippen MR) is 91.3 cm³/mol. The third kappa shape index (κ3) is 3.42. The van der Waals surface area contributed by atoms with Crippen LogP contribution in [0.2, 0.25) is 0 Å². The lowest BCUT2D eigenvalue weighted by Gasteiger charge is -2.08. The zero-order valence-electron chi connectivity index (χ0n) is 14.1. The van der Waals surface area contributed by atoms with Gasteiger partial charge in [-0.25, -0.2) is 9.18 Å². The Labute approximate surface area is 143 Å². The molecule has 3 rings (SSSR count). The van der Waals surface area contributed by atoms with Gasteiger partial charge in [0.05, 0.1) is 16.8 Å². The number of aromatic nitrogens is 2. The van der Waals surface area contributed by atoms with E-state index in [9.17, 15) is 14.0 Å². The van der Waals surface area contributed by atoms with E-state index in [2.05, 4.69) is 9.97 Å². The number of hydrogen-bond donors (Lipinski definition) is 1. The maximum Gasteiger partial charge on any atom is 0.340 e. The fourth-order valence-electron chi connectivity index (χ4n) is 2.74. The number of aryl methyl sites for hydroxylation is 3. The van der Waals surface area contributed by atoms with Crippen molar-refractivity contribution in [2.45, 2.75) is 20.8 Å². The van der Waals surface area contributed by atoms with Gasteiger partial charge >= 0.3 is 5.97 Å². The summed E-state index contributed by atoms with van der Waals surface area (Å²) in [6.45, 7) is 4.93. The second kappa shape index (κ2) is 6.47. The minimum absolute atomic E-state index is 0.258. The second-order valence-electron chi connectivity index (χ2n) is 5.95. The highest BCUT2D eigenvalue weighted by Crippen LogP contribution is 2.19. The number of nitrogens with zero attached hydrogens (tertiary/aromatic N) is 1. The van der Waals surface area contributed by atoms with E-state index in [1.165, 1.54) is 12.1 Å². The topological polar surface area (TPSA) is 72.1 Å². The predicted octanol–water partition coefficient (Wildman–Crippen LogP) is 3.67. The number of rotatable bonds is 4. The summed E-state index contributed by atoms with van der Waals surface area (Å²) in [6, 6.07) is 7.47. The van der Waals surface area contributed by atoms with Gasteiger partial charge in [-0.15, -0.1) is 0 Å². The van der Waals surface area contributed by atoms with Gasteiger partial charge in [-0.1, -0.05) is 0 Å². The van der Waals surface area contributed by atoms with E-state index in [0.717, 1.165) is 11.4 Å². The van der Waals surface area contributed by atoms with Crippen molar-refractivity contribution in [1.82, 2.24) is 9.97 Å². The second-order valence-corrected chi connectivity index (χ2v) is 5.95. The normalized spacial score (nSPS) is 10.9. The SMILES string of the molecule is Cc1cc(C(=O)COC(=O)c2cc3ccc(F)cc3nc2C)c(C)[nH]1. The number of pyridine rings is 1. The van der Waals surface area contributed by atoms with Crippen molar-refractivity contribution in [3.05, 3.63) is 64.4 Å². The monoisotopic (exact) mass is 340 g/mol. The standard InChI is InChI=1S/C19H17FN2O3/c1-10-6-15(11(2)21-10)18(23)9-25-19(24)16-7-13-4-5-14(20)8-17(13)22-12(16)3/h4-8,21H,9H2,1-3H3. The van der Waals surface area contributed by atoms with Crippen molar-refractivity contribution in [3.8, 4) is 0 Å². The molecule has 1 aromatic carbocycles. The zero-order valence-corrected chi connectivity index (χ0v) is 14.1. The summed E-state index contributed by atoms with van der Waals surface area (Å²) in [6.07, 6.45) is 0. The molecule has 6 heteroatoms. The summed E-state index contributed by atoms with van der Waals surface area (Å²) in [7, 11) is 0. The minimum atomic E-state index is -0.630. The lowest BCUT2D eigenvalue weighted by atomic mass is 10.1. The first-order valence-electron chi connectivity index (χ1n) is 7.78. The molecule has 0 spiro atoms. The number of aromatic amines is 1. The molecule has 0 saturated heterocycles. The lowest BCUT2D eigenvalue weighted by molar-refractivity contribution is 0.0473. The van der Waals surface area contributed by atoms with Crippen molar-refractivity contribution in [2.75, 3.05) is 6.61 Å². The summed E-state index contributed by atoms with van der Waals surface area (Å²) in [5.41, 5.74) is 3.26. The number of carbonyl (C=O) groups is 2. The fraction of sp³-hybridized carbons (Fsp3) is 0.211. The third-order valence-corrected chi connectivity index (χ3v) is 3.97. The molecule has 0 fully saturated rings. The van der Waals surface area contributed by atoms with E-state index < -0.39 is 11.8 Å². The summed E-state index contributed by atoms with van der Waals surface area (Å²) in [4.78, 5) is 31.8. The van der Waals surface area contributed by atoms with Gasteiger partial charge in [0.15, 0.2) is 6.61 Å². The summed E-state index contributed by atoms with van der Waals surface area (Å²) in [5.74, 6) is -1.30. The number of halogens is 1. The maximum atomic E-state index is 13.3. The van der Waals surface area contributed by atoms with Crippen LogP contribution in [0.25, 0.3) is 10.9 Å². The van der Waals surface area contributed by atoms with Crippen LogP contribution in [0.3, 0.4) is 0 Å². The van der Waals surface area contributed by atoms with E-state index in [0.29, 0.717) is 22.2 Å². The molecule has 0 radical (unpaired) electrons. The fourth-order valence-corrected chi connectivity index (χ4v) is 2.74. The van der Waals surface area contributed by atoms with Crippen LogP contribution in [-0.4, -0.2) is 28.3 Å². The van der Waals surface area contributed by atoms with Crippen molar-refractivity contribution in [3.63, 3.8) is 0 Å². The van der Waals surface area contributed by atoms with Crippen LogP contribution in [0.15, 0.2) is 30.3 Å². The van der Waals surface area contributed by atoms with Crippen LogP contribution in [0, 0.1) is 26.6 Å². The van der Waals surface area contributed by atoms with E-state index in [-0.39, 0.29) is 18.0 Å². The average molecular weight is 340 g/mol. The number of H-pyrrole nitrogens is 1. The molecule has 0 bridgehead atoms. The number of Topliss-reactive ketones (excluding diaryl/α,β-unsaturated/α-hetero) is 1. The van der Waals surface area contributed by atoms with E-state index in [4.69, 9.17) is 4.74 Å². The van der Waals surface area contributed by atoms with Gasteiger partial charge in [0.2, 0.25) is 5.78 Å². The number of ketones is 1. The zero-order chi connectivity index (χ0) is 18.1. The highest BCUT2D eigenvalue weighted by atomic mass is 19.1. The van der Waals surface area contributed by atoms with Crippen LogP contribution >= 0.6 is 0 Å². The van der Waals surface area contributed by atoms with E-state index in [1.54, 1.807) is 32.0 Å². The van der Waals surface area contributed by atoms with Crippen LogP contribution in [0.5, 0.6) is 0 Å². The smallest absolute Gasteiger partial charge is 0.340 e. The van der Waals surface area contributed by atoms with Gasteiger partial charge in [0.25, 0.3) is 0 Å². The highest BCUT2D eigenvalue weighted by molar-refractivity contribution is 6.01. The summed E-state index contributed by atoms with van der Waals surface area (Å²) in [5, 5.41) is 0.627. The van der Waals surface area contributed by atoms with Gasteiger partial charge in [-0.05, 0) is 45.0 Å². The van der Waals surface area contributed by atoms with Gasteiger partial charge in [0.1, 0.15) is 5.82 Å².